The highest BCUT2D eigenvalue weighted by Gasteiger charge is 2.10. The fraction of sp³-hybridized carbons (Fsp3) is 0.333. The number of rotatable bonds is 6. The normalized spacial score (nSPS) is 15.2. The van der Waals surface area contributed by atoms with Gasteiger partial charge in [-0.2, -0.15) is 5.10 Å². The van der Waals surface area contributed by atoms with Crippen molar-refractivity contribution in [1.82, 2.24) is 19.7 Å². The highest BCUT2D eigenvalue weighted by Crippen LogP contribution is 2.24. The van der Waals surface area contributed by atoms with Gasteiger partial charge in [-0.25, -0.2) is 0 Å². The third-order valence-corrected chi connectivity index (χ3v) is 4.76. The van der Waals surface area contributed by atoms with Crippen LogP contribution in [0.15, 0.2) is 61.1 Å². The molecular formula is C21H24N4O. The Morgan fingerprint density at radius 1 is 0.923 bits per heavy atom. The molecule has 1 saturated heterocycles. The Morgan fingerprint density at radius 2 is 1.77 bits per heavy atom. The fourth-order valence-electron chi connectivity index (χ4n) is 3.31. The topological polar surface area (TPSA) is 43.2 Å². The lowest BCUT2D eigenvalue weighted by molar-refractivity contribution is 0.0368. The first kappa shape index (κ1) is 16.9. The van der Waals surface area contributed by atoms with Gasteiger partial charge in [-0.05, 0) is 30.2 Å². The number of morpholine rings is 1. The largest absolute Gasteiger partial charge is 0.379 e. The molecule has 5 heteroatoms. The molecule has 3 heterocycles. The van der Waals surface area contributed by atoms with E-state index in [0.717, 1.165) is 68.2 Å². The van der Waals surface area contributed by atoms with Crippen LogP contribution in [0.2, 0.25) is 0 Å². The van der Waals surface area contributed by atoms with Gasteiger partial charge in [0, 0.05) is 55.9 Å². The van der Waals surface area contributed by atoms with E-state index in [1.807, 2.05) is 16.9 Å². The standard InChI is InChI=1S/C21H24N4O/c1-4-18(20-6-2-8-22-17-20)16-19(5-1)21-7-11-25(23-21)10-3-9-24-12-14-26-15-13-24/h1-2,4-8,11,16-17H,3,9-10,12-15H2. The lowest BCUT2D eigenvalue weighted by Gasteiger charge is -2.26. The van der Waals surface area contributed by atoms with Crippen LogP contribution >= 0.6 is 0 Å². The van der Waals surface area contributed by atoms with E-state index in [2.05, 4.69) is 52.5 Å². The Balaban J connectivity index is 1.40. The Morgan fingerprint density at radius 3 is 2.62 bits per heavy atom. The second kappa shape index (κ2) is 8.25. The average molecular weight is 348 g/mol. The molecule has 2 aromatic heterocycles. The van der Waals surface area contributed by atoms with Crippen LogP contribution in [0.4, 0.5) is 0 Å². The van der Waals surface area contributed by atoms with Gasteiger partial charge in [0.1, 0.15) is 0 Å². The van der Waals surface area contributed by atoms with Gasteiger partial charge in [0.2, 0.25) is 0 Å². The first-order chi connectivity index (χ1) is 12.9. The lowest BCUT2D eigenvalue weighted by Crippen LogP contribution is -2.37. The van der Waals surface area contributed by atoms with Gasteiger partial charge < -0.3 is 4.74 Å². The van der Waals surface area contributed by atoms with Gasteiger partial charge in [0.05, 0.1) is 18.9 Å². The number of aromatic nitrogens is 3. The Labute approximate surface area is 154 Å². The molecule has 1 aliphatic heterocycles. The molecule has 0 bridgehead atoms. The van der Waals surface area contributed by atoms with Gasteiger partial charge in [-0.3, -0.25) is 14.6 Å². The van der Waals surface area contributed by atoms with Gasteiger partial charge in [0.15, 0.2) is 0 Å². The SMILES string of the molecule is c1cncc(-c2cccc(-c3ccn(CCCN4CCOCC4)n3)c2)c1. The molecule has 1 aromatic carbocycles. The van der Waals surface area contributed by atoms with Crippen LogP contribution in [0.1, 0.15) is 6.42 Å². The van der Waals surface area contributed by atoms with Crippen molar-refractivity contribution in [2.75, 3.05) is 32.8 Å². The summed E-state index contributed by atoms with van der Waals surface area (Å²) >= 11 is 0. The van der Waals surface area contributed by atoms with Crippen LogP contribution in [0, 0.1) is 0 Å². The summed E-state index contributed by atoms with van der Waals surface area (Å²) in [6.07, 6.45) is 6.87. The second-order valence-electron chi connectivity index (χ2n) is 6.59. The number of hydrogen-bond donors (Lipinski definition) is 0. The maximum atomic E-state index is 5.40. The summed E-state index contributed by atoms with van der Waals surface area (Å²) in [4.78, 5) is 6.67. The summed E-state index contributed by atoms with van der Waals surface area (Å²) in [7, 11) is 0. The number of ether oxygens (including phenoxy) is 1. The number of nitrogens with zero attached hydrogens (tertiary/aromatic N) is 4. The van der Waals surface area contributed by atoms with Crippen LogP contribution in [0.25, 0.3) is 22.4 Å². The smallest absolute Gasteiger partial charge is 0.0923 e. The zero-order chi connectivity index (χ0) is 17.6. The van der Waals surface area contributed by atoms with E-state index in [4.69, 9.17) is 9.84 Å². The molecule has 26 heavy (non-hydrogen) atoms. The molecule has 5 nitrogen and oxygen atoms in total. The summed E-state index contributed by atoms with van der Waals surface area (Å²) in [6, 6.07) is 14.6. The van der Waals surface area contributed by atoms with Gasteiger partial charge in [-0.15, -0.1) is 0 Å². The predicted molar refractivity (Wildman–Crippen MR) is 103 cm³/mol. The molecule has 0 aliphatic carbocycles. The fourth-order valence-corrected chi connectivity index (χ4v) is 3.31. The second-order valence-corrected chi connectivity index (χ2v) is 6.59. The van der Waals surface area contributed by atoms with Crippen LogP contribution < -0.4 is 0 Å². The Hall–Kier alpha value is -2.50. The molecule has 134 valence electrons. The van der Waals surface area contributed by atoms with Crippen LogP contribution in [0.3, 0.4) is 0 Å². The molecule has 0 spiro atoms. The van der Waals surface area contributed by atoms with Crippen molar-refractivity contribution >= 4 is 0 Å². The van der Waals surface area contributed by atoms with Crippen LogP contribution in [-0.4, -0.2) is 52.5 Å². The summed E-state index contributed by atoms with van der Waals surface area (Å²) in [5.74, 6) is 0. The molecule has 0 saturated carbocycles. The van der Waals surface area contributed by atoms with Crippen molar-refractivity contribution in [2.24, 2.45) is 0 Å². The van der Waals surface area contributed by atoms with Crippen molar-refractivity contribution < 1.29 is 4.74 Å². The quantitative estimate of drug-likeness (QED) is 0.685. The van der Waals surface area contributed by atoms with Crippen LogP contribution in [-0.2, 0) is 11.3 Å². The third kappa shape index (κ3) is 4.18. The molecule has 3 aromatic rings. The van der Waals surface area contributed by atoms with Crippen molar-refractivity contribution in [3.05, 3.63) is 61.1 Å². The number of pyridine rings is 1. The number of benzene rings is 1. The van der Waals surface area contributed by atoms with Crippen molar-refractivity contribution in [2.45, 2.75) is 13.0 Å². The molecule has 1 fully saturated rings. The van der Waals surface area contributed by atoms with Crippen molar-refractivity contribution in [1.29, 1.82) is 0 Å². The summed E-state index contributed by atoms with van der Waals surface area (Å²) in [6.45, 7) is 5.87. The van der Waals surface area contributed by atoms with Gasteiger partial charge >= 0.3 is 0 Å². The molecule has 4 rings (SSSR count). The van der Waals surface area contributed by atoms with E-state index in [9.17, 15) is 0 Å². The minimum atomic E-state index is 0.860. The summed E-state index contributed by atoms with van der Waals surface area (Å²) in [5, 5.41) is 4.76. The highest BCUT2D eigenvalue weighted by atomic mass is 16.5. The number of hydrogen-bond acceptors (Lipinski definition) is 4. The van der Waals surface area contributed by atoms with E-state index in [1.165, 1.54) is 0 Å². The first-order valence-electron chi connectivity index (χ1n) is 9.23. The average Bonchev–Trinajstić information content (AvgIpc) is 3.19. The molecule has 0 N–H and O–H groups in total. The van der Waals surface area contributed by atoms with E-state index in [-0.39, 0.29) is 0 Å². The molecular weight excluding hydrogens is 324 g/mol. The van der Waals surface area contributed by atoms with E-state index in [0.29, 0.717) is 0 Å². The minimum absolute atomic E-state index is 0.860. The van der Waals surface area contributed by atoms with Crippen LogP contribution in [0.5, 0.6) is 0 Å². The molecule has 0 amide bonds. The summed E-state index contributed by atoms with van der Waals surface area (Å²) in [5.41, 5.74) is 4.44. The minimum Gasteiger partial charge on any atom is -0.379 e. The van der Waals surface area contributed by atoms with Gasteiger partial charge in [-0.1, -0.05) is 24.3 Å². The van der Waals surface area contributed by atoms with Gasteiger partial charge in [0.25, 0.3) is 0 Å². The van der Waals surface area contributed by atoms with Crippen molar-refractivity contribution in [3.63, 3.8) is 0 Å². The van der Waals surface area contributed by atoms with E-state index in [1.54, 1.807) is 6.20 Å². The first-order valence-corrected chi connectivity index (χ1v) is 9.23. The lowest BCUT2D eigenvalue weighted by atomic mass is 10.0. The highest BCUT2D eigenvalue weighted by molar-refractivity contribution is 5.70. The summed E-state index contributed by atoms with van der Waals surface area (Å²) < 4.78 is 7.44. The monoisotopic (exact) mass is 348 g/mol. The predicted octanol–water partition coefficient (Wildman–Crippen LogP) is 3.33. The van der Waals surface area contributed by atoms with E-state index < -0.39 is 0 Å². The maximum Gasteiger partial charge on any atom is 0.0923 e. The Bertz CT molecular complexity index is 825. The molecule has 0 radical (unpaired) electrons. The van der Waals surface area contributed by atoms with E-state index >= 15 is 0 Å². The zero-order valence-corrected chi connectivity index (χ0v) is 14.9. The Kier molecular flexibility index (Phi) is 5.38. The third-order valence-electron chi connectivity index (χ3n) is 4.76. The molecule has 0 unspecified atom stereocenters. The zero-order valence-electron chi connectivity index (χ0n) is 14.9. The molecule has 0 atom stereocenters. The van der Waals surface area contributed by atoms with Crippen molar-refractivity contribution in [3.8, 4) is 22.4 Å². The number of aryl methyl sites for hydroxylation is 1. The molecule has 1 aliphatic rings. The maximum absolute atomic E-state index is 5.40.